The molecule has 2 aliphatic heterocycles. The molecule has 3 aromatic rings. The van der Waals surface area contributed by atoms with Crippen LogP contribution in [-0.4, -0.2) is 64.0 Å². The first-order valence-electron chi connectivity index (χ1n) is 12.8. The Bertz CT molecular complexity index is 1510. The third-order valence-corrected chi connectivity index (χ3v) is 7.74. The van der Waals surface area contributed by atoms with E-state index < -0.39 is 21.7 Å². The Balaban J connectivity index is 1.23. The van der Waals surface area contributed by atoms with Crippen LogP contribution >= 0.6 is 0 Å². The fourth-order valence-corrected chi connectivity index (χ4v) is 5.95. The zero-order chi connectivity index (χ0) is 27.9. The maximum absolute atomic E-state index is 14.5. The molecule has 0 bridgehead atoms. The lowest BCUT2D eigenvalue weighted by Gasteiger charge is -2.41. The number of halogens is 1. The minimum Gasteiger partial charge on any atom is -0.336 e. The van der Waals surface area contributed by atoms with E-state index in [1.54, 1.807) is 4.90 Å². The van der Waals surface area contributed by atoms with Crippen LogP contribution in [-0.2, 0) is 23.1 Å². The van der Waals surface area contributed by atoms with Crippen LogP contribution in [0.2, 0.25) is 0 Å². The van der Waals surface area contributed by atoms with Gasteiger partial charge in [0.25, 0.3) is 5.91 Å². The van der Waals surface area contributed by atoms with E-state index in [0.29, 0.717) is 19.0 Å². The Morgan fingerprint density at radius 2 is 1.82 bits per heavy atom. The second kappa shape index (κ2) is 10.5. The molecule has 2 aromatic heterocycles. The largest absolute Gasteiger partial charge is 0.336 e. The van der Waals surface area contributed by atoms with E-state index in [0.717, 1.165) is 54.9 Å². The summed E-state index contributed by atoms with van der Waals surface area (Å²) < 4.78 is 39.8. The molecule has 5 rings (SSSR count). The van der Waals surface area contributed by atoms with Crippen LogP contribution in [0.1, 0.15) is 52.5 Å². The number of benzene rings is 1. The Labute approximate surface area is 227 Å². The van der Waals surface area contributed by atoms with Gasteiger partial charge in [-0.05, 0) is 62.9 Å². The van der Waals surface area contributed by atoms with Gasteiger partial charge >= 0.3 is 0 Å². The van der Waals surface area contributed by atoms with Crippen molar-refractivity contribution in [2.75, 3.05) is 22.8 Å². The Hall–Kier alpha value is -3.64. The summed E-state index contributed by atoms with van der Waals surface area (Å²) in [7, 11) is -3.61. The van der Waals surface area contributed by atoms with Gasteiger partial charge in [-0.2, -0.15) is 0 Å². The number of aromatic nitrogens is 3. The molecule has 0 unspecified atom stereocenters. The van der Waals surface area contributed by atoms with Crippen molar-refractivity contribution in [3.05, 3.63) is 70.4 Å². The lowest BCUT2D eigenvalue weighted by Crippen LogP contribution is -2.50. The molecule has 0 radical (unpaired) electrons. The Morgan fingerprint density at radius 3 is 2.51 bits per heavy atom. The number of piperidine rings is 1. The minimum atomic E-state index is -3.61. The number of fused-ring (bicyclic) bond motifs is 1. The summed E-state index contributed by atoms with van der Waals surface area (Å²) in [6.45, 7) is 7.96. The van der Waals surface area contributed by atoms with E-state index in [2.05, 4.69) is 57.0 Å². The van der Waals surface area contributed by atoms with E-state index >= 15 is 0 Å². The van der Waals surface area contributed by atoms with Gasteiger partial charge in [0.15, 0.2) is 5.82 Å². The van der Waals surface area contributed by atoms with Crippen LogP contribution in [0.15, 0.2) is 36.7 Å². The minimum absolute atomic E-state index is 0.0906. The van der Waals surface area contributed by atoms with Gasteiger partial charge in [0.1, 0.15) is 5.82 Å². The summed E-state index contributed by atoms with van der Waals surface area (Å²) in [5.74, 6) is -0.784. The molecule has 0 aliphatic carbocycles. The molecule has 1 amide bonds. The molecule has 1 fully saturated rings. The van der Waals surface area contributed by atoms with Crippen molar-refractivity contribution in [3.8, 4) is 0 Å². The number of likely N-dealkylation sites (tertiary alicyclic amines) is 1. The van der Waals surface area contributed by atoms with Crippen molar-refractivity contribution in [2.24, 2.45) is 0 Å². The Kier molecular flexibility index (Phi) is 7.25. The highest BCUT2D eigenvalue weighted by Crippen LogP contribution is 2.31. The fraction of sp³-hybridized carbons (Fsp3) is 0.407. The first kappa shape index (κ1) is 26.9. The zero-order valence-corrected chi connectivity index (χ0v) is 23.2. The predicted octanol–water partition coefficient (Wildman–Crippen LogP) is 3.75. The quantitative estimate of drug-likeness (QED) is 0.474. The summed E-state index contributed by atoms with van der Waals surface area (Å²) in [4.78, 5) is 30.3. The number of rotatable bonds is 6. The third-order valence-electron chi connectivity index (χ3n) is 7.16. The van der Waals surface area contributed by atoms with Gasteiger partial charge in [-0.1, -0.05) is 6.07 Å². The average molecular weight is 554 g/mol. The summed E-state index contributed by atoms with van der Waals surface area (Å²) in [5, 5.41) is 3.31. The van der Waals surface area contributed by atoms with Crippen molar-refractivity contribution < 1.29 is 17.6 Å². The van der Waals surface area contributed by atoms with Gasteiger partial charge in [-0.25, -0.2) is 27.8 Å². The lowest BCUT2D eigenvalue weighted by molar-refractivity contribution is 0.0456. The molecule has 2 aliphatic rings. The average Bonchev–Trinajstić information content (AvgIpc) is 3.27. The van der Waals surface area contributed by atoms with Crippen LogP contribution in [0.5, 0.6) is 0 Å². The lowest BCUT2D eigenvalue weighted by atomic mass is 9.96. The number of pyridine rings is 1. The highest BCUT2D eigenvalue weighted by atomic mass is 32.2. The number of hydrogen-bond donors (Lipinski definition) is 2. The van der Waals surface area contributed by atoms with Crippen LogP contribution in [0.25, 0.3) is 0 Å². The van der Waals surface area contributed by atoms with Crippen LogP contribution in [0.4, 0.5) is 21.8 Å². The smallest absolute Gasteiger partial charge is 0.257 e. The highest BCUT2D eigenvalue weighted by Gasteiger charge is 2.35. The molecule has 1 saturated heterocycles. The maximum Gasteiger partial charge on any atom is 0.257 e. The monoisotopic (exact) mass is 553 g/mol. The maximum atomic E-state index is 14.5. The second-order valence-corrected chi connectivity index (χ2v) is 12.3. The number of nitrogens with one attached hydrogen (secondary N) is 2. The van der Waals surface area contributed by atoms with Gasteiger partial charge in [-0.15, -0.1) is 0 Å². The molecule has 206 valence electrons. The van der Waals surface area contributed by atoms with Crippen molar-refractivity contribution in [1.82, 2.24) is 24.8 Å². The predicted molar refractivity (Wildman–Crippen MR) is 147 cm³/mol. The summed E-state index contributed by atoms with van der Waals surface area (Å²) in [5.41, 5.74) is 5.18. The summed E-state index contributed by atoms with van der Waals surface area (Å²) >= 11 is 0. The topological polar surface area (TPSA) is 120 Å². The first-order valence-corrected chi connectivity index (χ1v) is 14.7. The van der Waals surface area contributed by atoms with E-state index in [1.165, 1.54) is 11.1 Å². The van der Waals surface area contributed by atoms with Crippen LogP contribution in [0, 0.1) is 19.7 Å². The third kappa shape index (κ3) is 6.17. The van der Waals surface area contributed by atoms with E-state index in [9.17, 15) is 17.6 Å². The first-order chi connectivity index (χ1) is 18.4. The van der Waals surface area contributed by atoms with Gasteiger partial charge < -0.3 is 10.2 Å². The summed E-state index contributed by atoms with van der Waals surface area (Å²) in [6, 6.07) is 7.50. The molecule has 2 atom stereocenters. The van der Waals surface area contributed by atoms with E-state index in [-0.39, 0.29) is 23.5 Å². The second-order valence-electron chi connectivity index (χ2n) is 10.5. The molecule has 1 aromatic carbocycles. The van der Waals surface area contributed by atoms with Crippen molar-refractivity contribution in [1.29, 1.82) is 0 Å². The Morgan fingerprint density at radius 1 is 1.08 bits per heavy atom. The molecule has 0 spiro atoms. The zero-order valence-electron chi connectivity index (χ0n) is 22.4. The van der Waals surface area contributed by atoms with Crippen LogP contribution < -0.4 is 10.0 Å². The SMILES string of the molecule is Cc1cc(C)cc(Nc2ncc3c(n2)CN([C@@H]2CCN(C(=O)c4cc(NS(C)(=O)=O)ncc4F)[C@H](C)C2)C3)c1. The number of aryl methyl sites for hydroxylation is 2. The van der Waals surface area contributed by atoms with Crippen molar-refractivity contribution in [3.63, 3.8) is 0 Å². The fourth-order valence-electron chi connectivity index (χ4n) is 5.46. The molecule has 0 saturated carbocycles. The molecule has 2 N–H and O–H groups in total. The molecule has 12 heteroatoms. The molecule has 4 heterocycles. The van der Waals surface area contributed by atoms with Gasteiger partial charge in [0, 0.05) is 49.2 Å². The van der Waals surface area contributed by atoms with Crippen molar-refractivity contribution >= 4 is 33.4 Å². The number of amides is 1. The van der Waals surface area contributed by atoms with Crippen LogP contribution in [0.3, 0.4) is 0 Å². The summed E-state index contributed by atoms with van der Waals surface area (Å²) in [6.07, 6.45) is 5.17. The molecular formula is C27H32FN7O3S. The number of anilines is 3. The normalized spacial score (nSPS) is 19.6. The number of nitrogens with zero attached hydrogens (tertiary/aromatic N) is 5. The number of sulfonamides is 1. The standard InChI is InChI=1S/C27H32FN7O3S/c1-16-7-17(2)9-20(8-16)31-27-30-12-19-14-34(15-24(19)32-27)21-5-6-35(18(3)10-21)26(36)22-11-25(29-13-23(22)28)33-39(4,37)38/h7-9,11-13,18,21H,5-6,10,14-15H2,1-4H3,(H,29,33)(H,30,31,32)/t18-,21-/m1/s1. The molecular weight excluding hydrogens is 521 g/mol. The number of carbonyl (C=O) groups excluding carboxylic acids is 1. The van der Waals surface area contributed by atoms with Gasteiger partial charge in [0.05, 0.1) is 23.7 Å². The van der Waals surface area contributed by atoms with Gasteiger partial charge in [0.2, 0.25) is 16.0 Å². The highest BCUT2D eigenvalue weighted by molar-refractivity contribution is 7.92. The molecule has 10 nitrogen and oxygen atoms in total. The number of hydrogen-bond acceptors (Lipinski definition) is 8. The van der Waals surface area contributed by atoms with E-state index in [4.69, 9.17) is 4.98 Å². The van der Waals surface area contributed by atoms with E-state index in [1.807, 2.05) is 13.1 Å². The molecule has 39 heavy (non-hydrogen) atoms. The number of carbonyl (C=O) groups is 1. The van der Waals surface area contributed by atoms with Gasteiger partial charge in [-0.3, -0.25) is 14.4 Å². The van der Waals surface area contributed by atoms with Crippen molar-refractivity contribution in [2.45, 2.75) is 58.8 Å².